The zero-order valence-corrected chi connectivity index (χ0v) is 10.3. The Kier molecular flexibility index (Phi) is 4.41. The fraction of sp³-hybridized carbons (Fsp3) is 0. The smallest absolute Gasteiger partial charge is 0.290 e. The van der Waals surface area contributed by atoms with E-state index in [9.17, 15) is 12.9 Å². The predicted octanol–water partition coefficient (Wildman–Crippen LogP) is 2.93. The van der Waals surface area contributed by atoms with Gasteiger partial charge in [0.25, 0.3) is 10.0 Å². The van der Waals surface area contributed by atoms with Crippen molar-refractivity contribution in [1.82, 2.24) is 6.15 Å². The lowest BCUT2D eigenvalue weighted by Crippen LogP contribution is -2.22. The van der Waals surface area contributed by atoms with Crippen molar-refractivity contribution in [2.75, 3.05) is 4.53 Å². The molecular formula is C12H13FN2O2S. The Morgan fingerprint density at radius 2 is 1.28 bits per heavy atom. The lowest BCUT2D eigenvalue weighted by atomic mass is 10.3. The van der Waals surface area contributed by atoms with Crippen LogP contribution in [0.1, 0.15) is 0 Å². The molecule has 0 aliphatic carbocycles. The Hall–Kier alpha value is -1.92. The first-order chi connectivity index (χ1) is 8.12. The molecule has 0 spiro atoms. The van der Waals surface area contributed by atoms with Crippen LogP contribution in [-0.2, 0) is 10.0 Å². The van der Waals surface area contributed by atoms with Crippen molar-refractivity contribution in [3.8, 4) is 0 Å². The fourth-order valence-corrected chi connectivity index (χ4v) is 2.45. The van der Waals surface area contributed by atoms with Gasteiger partial charge in [-0.2, -0.15) is 8.42 Å². The Balaban J connectivity index is 0.00000162. The van der Waals surface area contributed by atoms with Crippen LogP contribution in [0.25, 0.3) is 0 Å². The van der Waals surface area contributed by atoms with E-state index in [1.54, 1.807) is 36.4 Å². The number of sulfonamides is 1. The molecule has 96 valence electrons. The van der Waals surface area contributed by atoms with Gasteiger partial charge in [-0.05, 0) is 24.3 Å². The van der Waals surface area contributed by atoms with Gasteiger partial charge in [-0.25, -0.2) is 0 Å². The van der Waals surface area contributed by atoms with E-state index in [-0.39, 0.29) is 21.3 Å². The van der Waals surface area contributed by atoms with Crippen molar-refractivity contribution in [1.29, 1.82) is 0 Å². The number of nitrogens with zero attached hydrogens (tertiary/aromatic N) is 1. The van der Waals surface area contributed by atoms with E-state index in [4.69, 9.17) is 0 Å². The average Bonchev–Trinajstić information content (AvgIpc) is 2.40. The van der Waals surface area contributed by atoms with Gasteiger partial charge in [-0.15, -0.1) is 0 Å². The fourth-order valence-electron chi connectivity index (χ4n) is 1.37. The number of hydrogen-bond acceptors (Lipinski definition) is 3. The zero-order valence-electron chi connectivity index (χ0n) is 9.53. The van der Waals surface area contributed by atoms with Crippen LogP contribution in [0, 0.1) is 0 Å². The Morgan fingerprint density at radius 3 is 1.78 bits per heavy atom. The largest absolute Gasteiger partial charge is 0.344 e. The van der Waals surface area contributed by atoms with E-state index in [1.807, 2.05) is 0 Å². The molecule has 0 saturated carbocycles. The highest BCUT2D eigenvalue weighted by atomic mass is 32.2. The summed E-state index contributed by atoms with van der Waals surface area (Å²) in [6.45, 7) is 0. The standard InChI is InChI=1S/C12H10FNO2S.H3N/c13-14(11-7-3-1-4-8-11)17(15,16)12-9-5-2-6-10-12;/h1-10H;1H3. The molecule has 0 amide bonds. The summed E-state index contributed by atoms with van der Waals surface area (Å²) in [4.78, 5) is -0.0775. The van der Waals surface area contributed by atoms with Crippen molar-refractivity contribution in [3.63, 3.8) is 0 Å². The molecule has 3 N–H and O–H groups in total. The molecule has 0 saturated heterocycles. The summed E-state index contributed by atoms with van der Waals surface area (Å²) in [5.41, 5.74) is -0.0173. The summed E-state index contributed by atoms with van der Waals surface area (Å²) in [6.07, 6.45) is 0. The van der Waals surface area contributed by atoms with Gasteiger partial charge >= 0.3 is 0 Å². The van der Waals surface area contributed by atoms with Crippen LogP contribution in [-0.4, -0.2) is 8.42 Å². The molecule has 0 bridgehead atoms. The first-order valence-corrected chi connectivity index (χ1v) is 6.37. The molecular weight excluding hydrogens is 255 g/mol. The second-order valence-electron chi connectivity index (χ2n) is 3.37. The van der Waals surface area contributed by atoms with Crippen LogP contribution in [0.3, 0.4) is 0 Å². The van der Waals surface area contributed by atoms with Crippen LogP contribution in [0.15, 0.2) is 65.6 Å². The minimum Gasteiger partial charge on any atom is -0.344 e. The summed E-state index contributed by atoms with van der Waals surface area (Å²) in [5.74, 6) is 0. The lowest BCUT2D eigenvalue weighted by molar-refractivity contribution is 0.495. The Morgan fingerprint density at radius 1 is 0.833 bits per heavy atom. The number of halogens is 1. The van der Waals surface area contributed by atoms with Gasteiger partial charge in [0.15, 0.2) is 0 Å². The van der Waals surface area contributed by atoms with Gasteiger partial charge in [0.05, 0.1) is 10.6 Å². The summed E-state index contributed by atoms with van der Waals surface area (Å²) < 4.78 is 37.4. The van der Waals surface area contributed by atoms with E-state index >= 15 is 0 Å². The number of para-hydroxylation sites is 1. The Labute approximate surface area is 105 Å². The zero-order chi connectivity index (χ0) is 12.3. The molecule has 2 aromatic rings. The molecule has 2 rings (SSSR count). The molecule has 0 heterocycles. The molecule has 2 aromatic carbocycles. The second-order valence-corrected chi connectivity index (χ2v) is 5.11. The molecule has 0 radical (unpaired) electrons. The quantitative estimate of drug-likeness (QED) is 0.870. The molecule has 0 unspecified atom stereocenters. The van der Waals surface area contributed by atoms with E-state index in [2.05, 4.69) is 0 Å². The van der Waals surface area contributed by atoms with Gasteiger partial charge in [-0.3, -0.25) is 0 Å². The molecule has 0 fully saturated rings. The minimum absolute atomic E-state index is 0. The molecule has 0 atom stereocenters. The predicted molar refractivity (Wildman–Crippen MR) is 68.7 cm³/mol. The van der Waals surface area contributed by atoms with Gasteiger partial charge in [0.2, 0.25) is 0 Å². The average molecular weight is 268 g/mol. The molecule has 18 heavy (non-hydrogen) atoms. The number of anilines is 1. The monoisotopic (exact) mass is 268 g/mol. The molecule has 0 aromatic heterocycles. The third kappa shape index (κ3) is 2.66. The number of hydrogen-bond donors (Lipinski definition) is 1. The Bertz CT molecular complexity index is 588. The van der Waals surface area contributed by atoms with Gasteiger partial charge in [0, 0.05) is 0 Å². The van der Waals surface area contributed by atoms with E-state index < -0.39 is 10.0 Å². The molecule has 0 aliphatic rings. The van der Waals surface area contributed by atoms with Crippen molar-refractivity contribution in [3.05, 3.63) is 60.7 Å². The van der Waals surface area contributed by atoms with Crippen LogP contribution >= 0.6 is 0 Å². The van der Waals surface area contributed by atoms with E-state index in [1.165, 1.54) is 24.3 Å². The first-order valence-electron chi connectivity index (χ1n) is 4.93. The molecule has 4 nitrogen and oxygen atoms in total. The normalized spacial score (nSPS) is 10.5. The third-order valence-electron chi connectivity index (χ3n) is 2.21. The van der Waals surface area contributed by atoms with Crippen molar-refractivity contribution >= 4 is 15.7 Å². The SMILES string of the molecule is N.O=S(=O)(c1ccccc1)N(F)c1ccccc1. The molecule has 6 heteroatoms. The minimum atomic E-state index is -4.13. The highest BCUT2D eigenvalue weighted by Gasteiger charge is 2.24. The van der Waals surface area contributed by atoms with Crippen LogP contribution in [0.4, 0.5) is 10.2 Å². The lowest BCUT2D eigenvalue weighted by Gasteiger charge is -2.13. The van der Waals surface area contributed by atoms with Crippen molar-refractivity contribution in [2.24, 2.45) is 0 Å². The summed E-state index contributed by atoms with van der Waals surface area (Å²) >= 11 is 0. The number of rotatable bonds is 3. The summed E-state index contributed by atoms with van der Waals surface area (Å²) in [6, 6.07) is 15.1. The maximum Gasteiger partial charge on any atom is 0.290 e. The van der Waals surface area contributed by atoms with Gasteiger partial charge in [0.1, 0.15) is 0 Å². The van der Waals surface area contributed by atoms with Crippen LogP contribution < -0.4 is 10.7 Å². The summed E-state index contributed by atoms with van der Waals surface area (Å²) in [7, 11) is -4.13. The maximum absolute atomic E-state index is 13.8. The maximum atomic E-state index is 13.8. The van der Waals surface area contributed by atoms with Crippen molar-refractivity contribution in [2.45, 2.75) is 4.90 Å². The number of benzene rings is 2. The van der Waals surface area contributed by atoms with Gasteiger partial charge < -0.3 is 6.15 Å². The van der Waals surface area contributed by atoms with Gasteiger partial charge in [-0.1, -0.05) is 45.4 Å². The van der Waals surface area contributed by atoms with Crippen molar-refractivity contribution < 1.29 is 12.9 Å². The summed E-state index contributed by atoms with van der Waals surface area (Å²) in [5, 5.41) is 0. The second kappa shape index (κ2) is 5.61. The van der Waals surface area contributed by atoms with Crippen LogP contribution in [0.2, 0.25) is 0 Å². The topological polar surface area (TPSA) is 72.4 Å². The first kappa shape index (κ1) is 14.1. The third-order valence-corrected chi connectivity index (χ3v) is 3.71. The van der Waals surface area contributed by atoms with E-state index in [0.29, 0.717) is 0 Å². The molecule has 0 aliphatic heterocycles. The highest BCUT2D eigenvalue weighted by Crippen LogP contribution is 2.23. The van der Waals surface area contributed by atoms with E-state index in [0.717, 1.165) is 0 Å². The highest BCUT2D eigenvalue weighted by molar-refractivity contribution is 7.92. The van der Waals surface area contributed by atoms with Crippen LogP contribution in [0.5, 0.6) is 0 Å².